The van der Waals surface area contributed by atoms with Crippen LogP contribution < -0.4 is 9.47 Å². The summed E-state index contributed by atoms with van der Waals surface area (Å²) in [7, 11) is 1.56. The van der Waals surface area contributed by atoms with Gasteiger partial charge in [-0.2, -0.15) is 5.26 Å². The Labute approximate surface area is 190 Å². The summed E-state index contributed by atoms with van der Waals surface area (Å²) in [5, 5.41) is 22.5. The van der Waals surface area contributed by atoms with Crippen LogP contribution in [0.3, 0.4) is 0 Å². The Bertz CT molecular complexity index is 1100. The topological polar surface area (TPSA) is 82.8 Å². The van der Waals surface area contributed by atoms with E-state index in [4.69, 9.17) is 21.1 Å². The number of amides is 1. The molecule has 6 nitrogen and oxygen atoms in total. The number of thioether (sulfide) groups is 1. The van der Waals surface area contributed by atoms with Gasteiger partial charge in [-0.25, -0.2) is 0 Å². The van der Waals surface area contributed by atoms with E-state index in [1.807, 2.05) is 19.1 Å². The molecule has 0 spiro atoms. The lowest BCUT2D eigenvalue weighted by molar-refractivity contribution is -0.149. The van der Waals surface area contributed by atoms with Gasteiger partial charge in [0.1, 0.15) is 0 Å². The number of carbonyl (C=O) groups is 1. The van der Waals surface area contributed by atoms with Crippen molar-refractivity contribution in [2.75, 3.05) is 19.5 Å². The molecule has 0 saturated carbocycles. The third kappa shape index (κ3) is 3.65. The molecule has 2 atom stereocenters. The first-order valence-corrected chi connectivity index (χ1v) is 11.2. The molecule has 2 aromatic carbocycles. The predicted octanol–water partition coefficient (Wildman–Crippen LogP) is 4.39. The SMILES string of the molecule is CCOc1cc([C@H]2CC(=O)N3C(=C2C#N)SC[C@]3(O)c2ccc(Cl)cc2)ccc1OC. The molecule has 2 heterocycles. The third-order valence-corrected chi connectivity index (χ3v) is 6.98. The van der Waals surface area contributed by atoms with Crippen molar-refractivity contribution in [3.63, 3.8) is 0 Å². The maximum Gasteiger partial charge on any atom is 0.231 e. The number of ether oxygens (including phenoxy) is 2. The average molecular weight is 457 g/mol. The minimum absolute atomic E-state index is 0.0702. The number of benzene rings is 2. The number of rotatable bonds is 5. The van der Waals surface area contributed by atoms with Crippen LogP contribution in [0.1, 0.15) is 30.4 Å². The number of methoxy groups -OCH3 is 1. The van der Waals surface area contributed by atoms with Crippen LogP contribution in [-0.2, 0) is 10.5 Å². The number of nitriles is 1. The van der Waals surface area contributed by atoms with Gasteiger partial charge in [-0.05, 0) is 36.8 Å². The average Bonchev–Trinajstić information content (AvgIpc) is 3.13. The van der Waals surface area contributed by atoms with Gasteiger partial charge in [0.2, 0.25) is 5.91 Å². The first kappa shape index (κ1) is 21.6. The predicted molar refractivity (Wildman–Crippen MR) is 119 cm³/mol. The summed E-state index contributed by atoms with van der Waals surface area (Å²) in [6, 6.07) is 14.5. The molecular weight excluding hydrogens is 436 g/mol. The molecule has 0 radical (unpaired) electrons. The number of fused-ring (bicyclic) bond motifs is 1. The number of allylic oxidation sites excluding steroid dienone is 1. The molecule has 0 aliphatic carbocycles. The van der Waals surface area contributed by atoms with Crippen LogP contribution in [-0.4, -0.2) is 35.4 Å². The number of nitrogens with zero attached hydrogens (tertiary/aromatic N) is 2. The van der Waals surface area contributed by atoms with Gasteiger partial charge in [0.15, 0.2) is 17.2 Å². The lowest BCUT2D eigenvalue weighted by Gasteiger charge is -2.38. The second-order valence-corrected chi connectivity index (χ2v) is 8.67. The first-order valence-electron chi connectivity index (χ1n) is 9.82. The van der Waals surface area contributed by atoms with Crippen LogP contribution in [0.15, 0.2) is 53.1 Å². The molecule has 0 unspecified atom stereocenters. The molecule has 2 aliphatic heterocycles. The van der Waals surface area contributed by atoms with E-state index < -0.39 is 11.6 Å². The molecular formula is C23H21ClN2O4S. The molecule has 1 N–H and O–H groups in total. The molecule has 1 saturated heterocycles. The van der Waals surface area contributed by atoms with Crippen LogP contribution in [0.2, 0.25) is 5.02 Å². The van der Waals surface area contributed by atoms with Gasteiger partial charge in [-0.15, -0.1) is 11.8 Å². The number of halogens is 1. The van der Waals surface area contributed by atoms with Crippen LogP contribution in [0.25, 0.3) is 0 Å². The summed E-state index contributed by atoms with van der Waals surface area (Å²) in [5.41, 5.74) is 0.294. The number of hydrogen-bond acceptors (Lipinski definition) is 6. The molecule has 160 valence electrons. The van der Waals surface area contributed by atoms with Crippen LogP contribution >= 0.6 is 23.4 Å². The molecule has 31 heavy (non-hydrogen) atoms. The van der Waals surface area contributed by atoms with Crippen molar-refractivity contribution < 1.29 is 19.4 Å². The molecule has 2 aliphatic rings. The van der Waals surface area contributed by atoms with Gasteiger partial charge < -0.3 is 14.6 Å². The van der Waals surface area contributed by atoms with E-state index in [-0.39, 0.29) is 18.1 Å². The van der Waals surface area contributed by atoms with Crippen molar-refractivity contribution in [2.45, 2.75) is 25.0 Å². The Balaban J connectivity index is 1.77. The summed E-state index contributed by atoms with van der Waals surface area (Å²) in [6.45, 7) is 2.34. The summed E-state index contributed by atoms with van der Waals surface area (Å²) in [6.07, 6.45) is 0.0702. The lowest BCUT2D eigenvalue weighted by atomic mass is 9.85. The quantitative estimate of drug-likeness (QED) is 0.718. The van der Waals surface area contributed by atoms with Crippen molar-refractivity contribution >= 4 is 29.3 Å². The molecule has 1 fully saturated rings. The van der Waals surface area contributed by atoms with Gasteiger partial charge in [0.05, 0.1) is 36.1 Å². The van der Waals surface area contributed by atoms with E-state index in [9.17, 15) is 15.2 Å². The zero-order valence-corrected chi connectivity index (χ0v) is 18.7. The smallest absolute Gasteiger partial charge is 0.231 e. The maximum atomic E-state index is 13.2. The van der Waals surface area contributed by atoms with E-state index in [0.717, 1.165) is 5.56 Å². The Hall–Kier alpha value is -2.66. The van der Waals surface area contributed by atoms with Gasteiger partial charge >= 0.3 is 0 Å². The Morgan fingerprint density at radius 3 is 2.68 bits per heavy atom. The molecule has 0 aromatic heterocycles. The molecule has 0 bridgehead atoms. The fraction of sp³-hybridized carbons (Fsp3) is 0.304. The Morgan fingerprint density at radius 2 is 2.03 bits per heavy atom. The second kappa shape index (κ2) is 8.46. The van der Waals surface area contributed by atoms with Crippen LogP contribution in [0, 0.1) is 11.3 Å². The van der Waals surface area contributed by atoms with Gasteiger partial charge in [0, 0.05) is 22.9 Å². The first-order chi connectivity index (χ1) is 14.9. The maximum absolute atomic E-state index is 13.2. The number of aliphatic hydroxyl groups is 1. The minimum Gasteiger partial charge on any atom is -0.493 e. The zero-order chi connectivity index (χ0) is 22.2. The Morgan fingerprint density at radius 1 is 1.29 bits per heavy atom. The summed E-state index contributed by atoms with van der Waals surface area (Å²) < 4.78 is 11.0. The van der Waals surface area contributed by atoms with E-state index in [1.54, 1.807) is 37.4 Å². The van der Waals surface area contributed by atoms with Gasteiger partial charge in [-0.3, -0.25) is 9.69 Å². The molecule has 2 aromatic rings. The minimum atomic E-state index is -1.52. The zero-order valence-electron chi connectivity index (χ0n) is 17.1. The normalized spacial score (nSPS) is 22.9. The molecule has 1 amide bonds. The molecule has 8 heteroatoms. The van der Waals surface area contributed by atoms with E-state index in [0.29, 0.717) is 39.3 Å². The van der Waals surface area contributed by atoms with Crippen LogP contribution in [0.5, 0.6) is 11.5 Å². The van der Waals surface area contributed by atoms with E-state index >= 15 is 0 Å². The summed E-state index contributed by atoms with van der Waals surface area (Å²) in [4.78, 5) is 14.6. The number of carbonyl (C=O) groups excluding carboxylic acids is 1. The largest absolute Gasteiger partial charge is 0.493 e. The third-order valence-electron chi connectivity index (χ3n) is 5.51. The highest BCUT2D eigenvalue weighted by molar-refractivity contribution is 8.03. The fourth-order valence-corrected chi connectivity index (χ4v) is 5.50. The van der Waals surface area contributed by atoms with Crippen molar-refractivity contribution in [3.05, 3.63) is 69.2 Å². The van der Waals surface area contributed by atoms with E-state index in [2.05, 4.69) is 6.07 Å². The number of hydrogen-bond donors (Lipinski definition) is 1. The van der Waals surface area contributed by atoms with Gasteiger partial charge in [0.25, 0.3) is 0 Å². The highest BCUT2D eigenvalue weighted by Gasteiger charge is 2.51. The van der Waals surface area contributed by atoms with E-state index in [1.165, 1.54) is 16.7 Å². The summed E-state index contributed by atoms with van der Waals surface area (Å²) >= 11 is 7.29. The monoisotopic (exact) mass is 456 g/mol. The molecule has 4 rings (SSSR count). The van der Waals surface area contributed by atoms with Gasteiger partial charge in [-0.1, -0.05) is 29.8 Å². The Kier molecular flexibility index (Phi) is 5.89. The summed E-state index contributed by atoms with van der Waals surface area (Å²) in [5.74, 6) is 0.730. The van der Waals surface area contributed by atoms with Crippen molar-refractivity contribution in [3.8, 4) is 17.6 Å². The standard InChI is InChI=1S/C23H21ClN2O4S/c1-3-30-20-10-14(4-9-19(20)29-2)17-11-21(27)26-22(18(17)12-25)31-13-23(26,28)15-5-7-16(24)8-6-15/h4-10,17,28H,3,11,13H2,1-2H3/t17-,23+/m1/s1. The van der Waals surface area contributed by atoms with Crippen molar-refractivity contribution in [1.29, 1.82) is 5.26 Å². The van der Waals surface area contributed by atoms with Crippen LogP contribution in [0.4, 0.5) is 0 Å². The highest BCUT2D eigenvalue weighted by Crippen LogP contribution is 2.52. The van der Waals surface area contributed by atoms with Crippen molar-refractivity contribution in [1.82, 2.24) is 4.90 Å². The lowest BCUT2D eigenvalue weighted by Crippen LogP contribution is -2.48. The highest BCUT2D eigenvalue weighted by atomic mass is 35.5. The second-order valence-electron chi connectivity index (χ2n) is 7.27. The van der Waals surface area contributed by atoms with Crippen molar-refractivity contribution in [2.24, 2.45) is 0 Å². The fourth-order valence-electron chi connectivity index (χ4n) is 4.02.